The Bertz CT molecular complexity index is 767. The number of nitrogens with zero attached hydrogens (tertiary/aromatic N) is 1. The van der Waals surface area contributed by atoms with E-state index in [0.717, 1.165) is 36.0 Å². The molecule has 3 nitrogen and oxygen atoms in total. The summed E-state index contributed by atoms with van der Waals surface area (Å²) in [5, 5.41) is 0.711. The van der Waals surface area contributed by atoms with E-state index in [2.05, 4.69) is 19.2 Å². The summed E-state index contributed by atoms with van der Waals surface area (Å²) in [6.07, 6.45) is 2.18. The summed E-state index contributed by atoms with van der Waals surface area (Å²) >= 11 is 6.22. The zero-order valence-electron chi connectivity index (χ0n) is 16.9. The minimum absolute atomic E-state index is 0.0967. The van der Waals surface area contributed by atoms with Gasteiger partial charge in [0.05, 0.1) is 6.10 Å². The Labute approximate surface area is 168 Å². The number of benzene rings is 1. The lowest BCUT2D eigenvalue weighted by Crippen LogP contribution is -2.38. The van der Waals surface area contributed by atoms with Gasteiger partial charge in [-0.25, -0.2) is 4.79 Å². The highest BCUT2D eigenvalue weighted by atomic mass is 35.5. The van der Waals surface area contributed by atoms with E-state index in [1.165, 1.54) is 16.7 Å². The summed E-state index contributed by atoms with van der Waals surface area (Å²) in [4.78, 5) is 14.0. The van der Waals surface area contributed by atoms with E-state index >= 15 is 0 Å². The molecule has 4 heteroatoms. The Balaban J connectivity index is 2.34. The molecule has 0 N–H and O–H groups in total. The third-order valence-electron chi connectivity index (χ3n) is 4.63. The molecule has 27 heavy (non-hydrogen) atoms. The molecule has 0 aromatic heterocycles. The molecule has 1 saturated heterocycles. The third kappa shape index (κ3) is 5.74. The van der Waals surface area contributed by atoms with Crippen LogP contribution in [0.3, 0.4) is 0 Å². The summed E-state index contributed by atoms with van der Waals surface area (Å²) in [6.45, 7) is 17.4. The van der Waals surface area contributed by atoms with Crippen LogP contribution in [0, 0.1) is 0 Å². The van der Waals surface area contributed by atoms with Crippen molar-refractivity contribution in [2.24, 2.45) is 0 Å². The lowest BCUT2D eigenvalue weighted by molar-refractivity contribution is 0.0746. The Kier molecular flexibility index (Phi) is 7.32. The van der Waals surface area contributed by atoms with Crippen LogP contribution in [0.25, 0.3) is 11.1 Å². The second kappa shape index (κ2) is 9.27. The number of halogens is 1. The molecule has 1 aromatic rings. The average Bonchev–Trinajstić information content (AvgIpc) is 2.59. The van der Waals surface area contributed by atoms with Crippen molar-refractivity contribution in [1.82, 2.24) is 4.90 Å². The van der Waals surface area contributed by atoms with Gasteiger partial charge in [0.2, 0.25) is 0 Å². The summed E-state index contributed by atoms with van der Waals surface area (Å²) in [5.74, 6) is 0. The topological polar surface area (TPSA) is 29.5 Å². The fraction of sp³-hybridized carbons (Fsp3) is 0.435. The maximum atomic E-state index is 12.2. The second-order valence-electron chi connectivity index (χ2n) is 7.61. The van der Waals surface area contributed by atoms with Crippen LogP contribution in [0.1, 0.15) is 58.1 Å². The maximum Gasteiger partial charge on any atom is 0.410 e. The fourth-order valence-electron chi connectivity index (χ4n) is 3.38. The zero-order chi connectivity index (χ0) is 20.1. The molecule has 0 saturated carbocycles. The van der Waals surface area contributed by atoms with E-state index in [0.29, 0.717) is 18.1 Å². The summed E-state index contributed by atoms with van der Waals surface area (Å²) in [5.41, 5.74) is 7.01. The van der Waals surface area contributed by atoms with Crippen LogP contribution in [0.4, 0.5) is 4.79 Å². The molecule has 1 heterocycles. The van der Waals surface area contributed by atoms with Gasteiger partial charge in [0.15, 0.2) is 0 Å². The van der Waals surface area contributed by atoms with Gasteiger partial charge in [-0.1, -0.05) is 47.5 Å². The Morgan fingerprint density at radius 1 is 1.19 bits per heavy atom. The molecule has 1 fully saturated rings. The first-order chi connectivity index (χ1) is 12.7. The van der Waals surface area contributed by atoms with Crippen molar-refractivity contribution in [3.63, 3.8) is 0 Å². The van der Waals surface area contributed by atoms with E-state index in [9.17, 15) is 4.79 Å². The molecule has 0 bridgehead atoms. The molecule has 1 aromatic carbocycles. The first-order valence-corrected chi connectivity index (χ1v) is 9.83. The lowest BCUT2D eigenvalue weighted by Gasteiger charge is -2.30. The summed E-state index contributed by atoms with van der Waals surface area (Å²) in [6, 6.07) is 5.99. The molecule has 0 atom stereocenters. The van der Waals surface area contributed by atoms with E-state index in [1.807, 2.05) is 39.8 Å². The summed E-state index contributed by atoms with van der Waals surface area (Å²) < 4.78 is 5.33. The van der Waals surface area contributed by atoms with Gasteiger partial charge >= 0.3 is 6.09 Å². The van der Waals surface area contributed by atoms with Crippen LogP contribution >= 0.6 is 11.6 Å². The van der Waals surface area contributed by atoms with Crippen LogP contribution in [0.5, 0.6) is 0 Å². The highest BCUT2D eigenvalue weighted by Crippen LogP contribution is 2.36. The predicted molar refractivity (Wildman–Crippen MR) is 115 cm³/mol. The van der Waals surface area contributed by atoms with Crippen molar-refractivity contribution in [3.8, 4) is 0 Å². The zero-order valence-corrected chi connectivity index (χ0v) is 17.7. The molecule has 1 aliphatic heterocycles. The molecule has 146 valence electrons. The van der Waals surface area contributed by atoms with Crippen LogP contribution in [-0.2, 0) is 4.74 Å². The number of carbonyl (C=O) groups excluding carboxylic acids is 1. The molecule has 2 rings (SSSR count). The Morgan fingerprint density at radius 2 is 1.81 bits per heavy atom. The Morgan fingerprint density at radius 3 is 2.33 bits per heavy atom. The highest BCUT2D eigenvalue weighted by molar-refractivity contribution is 6.30. The van der Waals surface area contributed by atoms with Crippen molar-refractivity contribution in [1.29, 1.82) is 0 Å². The number of hydrogen-bond donors (Lipinski definition) is 0. The number of hydrogen-bond acceptors (Lipinski definition) is 2. The number of rotatable bonds is 5. The minimum Gasteiger partial charge on any atom is -0.447 e. The number of likely N-dealkylation sites (tertiary alicyclic amines) is 1. The maximum absolute atomic E-state index is 12.2. The standard InChI is InChI=1S/C23H30ClNO2/c1-15(2)13-22(20-8-7-19(24)14-21(20)16(3)4)18-9-11-25(12-10-18)23(26)27-17(5)6/h7-8,14,17H,1,3,9-13H2,2,4-6H3. The van der Waals surface area contributed by atoms with E-state index in [-0.39, 0.29) is 12.2 Å². The van der Waals surface area contributed by atoms with Gasteiger partial charge in [-0.15, -0.1) is 0 Å². The van der Waals surface area contributed by atoms with Gasteiger partial charge in [0.1, 0.15) is 0 Å². The van der Waals surface area contributed by atoms with Gasteiger partial charge in [0.25, 0.3) is 0 Å². The third-order valence-corrected chi connectivity index (χ3v) is 4.87. The molecule has 1 aliphatic rings. The number of allylic oxidation sites excluding steroid dienone is 3. The van der Waals surface area contributed by atoms with Gasteiger partial charge in [0, 0.05) is 18.1 Å². The first kappa shape index (κ1) is 21.3. The SMILES string of the molecule is C=C(C)CC(=C1CCN(C(=O)OC(C)C)CC1)c1ccc(Cl)cc1C(=C)C. The van der Waals surface area contributed by atoms with Crippen LogP contribution in [0.2, 0.25) is 5.02 Å². The van der Waals surface area contributed by atoms with Crippen molar-refractivity contribution in [2.45, 2.75) is 53.1 Å². The predicted octanol–water partition coefficient (Wildman–Crippen LogP) is 6.73. The molecule has 0 aliphatic carbocycles. The van der Waals surface area contributed by atoms with E-state index < -0.39 is 0 Å². The monoisotopic (exact) mass is 387 g/mol. The van der Waals surface area contributed by atoms with Gasteiger partial charge in [-0.3, -0.25) is 0 Å². The van der Waals surface area contributed by atoms with Crippen LogP contribution < -0.4 is 0 Å². The van der Waals surface area contributed by atoms with Crippen LogP contribution in [-0.4, -0.2) is 30.2 Å². The number of piperidine rings is 1. The number of ether oxygens (including phenoxy) is 1. The quantitative estimate of drug-likeness (QED) is 0.524. The lowest BCUT2D eigenvalue weighted by atomic mass is 9.86. The second-order valence-corrected chi connectivity index (χ2v) is 8.04. The number of amides is 1. The van der Waals surface area contributed by atoms with Gasteiger partial charge in [-0.2, -0.15) is 0 Å². The molecule has 0 unspecified atom stereocenters. The van der Waals surface area contributed by atoms with Crippen molar-refractivity contribution in [3.05, 3.63) is 58.7 Å². The number of carbonyl (C=O) groups is 1. The largest absolute Gasteiger partial charge is 0.447 e. The fourth-order valence-corrected chi connectivity index (χ4v) is 3.55. The van der Waals surface area contributed by atoms with Crippen LogP contribution in [0.15, 0.2) is 42.5 Å². The Hall–Kier alpha value is -2.00. The molecular weight excluding hydrogens is 358 g/mol. The molecule has 0 radical (unpaired) electrons. The van der Waals surface area contributed by atoms with Gasteiger partial charge < -0.3 is 9.64 Å². The van der Waals surface area contributed by atoms with E-state index in [4.69, 9.17) is 16.3 Å². The molecule has 1 amide bonds. The van der Waals surface area contributed by atoms with E-state index in [1.54, 1.807) is 4.90 Å². The first-order valence-electron chi connectivity index (χ1n) is 9.45. The van der Waals surface area contributed by atoms with Crippen molar-refractivity contribution >= 4 is 28.8 Å². The average molecular weight is 388 g/mol. The highest BCUT2D eigenvalue weighted by Gasteiger charge is 2.24. The van der Waals surface area contributed by atoms with Crippen molar-refractivity contribution < 1.29 is 9.53 Å². The normalized spacial score (nSPS) is 14.3. The molecule has 0 spiro atoms. The van der Waals surface area contributed by atoms with Gasteiger partial charge in [-0.05, 0) is 75.8 Å². The molecular formula is C23H30ClNO2. The van der Waals surface area contributed by atoms with Crippen molar-refractivity contribution in [2.75, 3.05) is 13.1 Å². The summed E-state index contributed by atoms with van der Waals surface area (Å²) in [7, 11) is 0. The smallest absolute Gasteiger partial charge is 0.410 e. The minimum atomic E-state index is -0.223.